The summed E-state index contributed by atoms with van der Waals surface area (Å²) in [5.74, 6) is 0.685. The summed E-state index contributed by atoms with van der Waals surface area (Å²) in [7, 11) is 0. The van der Waals surface area contributed by atoms with Crippen molar-refractivity contribution >= 4 is 0 Å². The van der Waals surface area contributed by atoms with Crippen LogP contribution in [-0.4, -0.2) is 21.2 Å². The van der Waals surface area contributed by atoms with Gasteiger partial charge in [0, 0.05) is 25.5 Å². The van der Waals surface area contributed by atoms with Gasteiger partial charge >= 0.3 is 0 Å². The second kappa shape index (κ2) is 4.57. The number of aromatic nitrogens is 2. The molecule has 4 heteroatoms. The van der Waals surface area contributed by atoms with Crippen LogP contribution >= 0.6 is 0 Å². The summed E-state index contributed by atoms with van der Waals surface area (Å²) >= 11 is 0. The largest absolute Gasteiger partial charge is 0.381 e. The van der Waals surface area contributed by atoms with E-state index in [2.05, 4.69) is 4.98 Å². The lowest BCUT2D eigenvalue weighted by Gasteiger charge is -2.26. The van der Waals surface area contributed by atoms with Gasteiger partial charge < -0.3 is 15.4 Å². The maximum Gasteiger partial charge on any atom is 0.142 e. The Bertz CT molecular complexity index is 285. The van der Waals surface area contributed by atoms with E-state index in [9.17, 15) is 5.11 Å². The monoisotopic (exact) mass is 197 g/mol. The Labute approximate surface area is 84.8 Å². The number of nitrogens with zero attached hydrogens (tertiary/aromatic N) is 2. The third-order valence-corrected chi connectivity index (χ3v) is 2.47. The number of nitrogens with two attached hydrogens (primary N) is 1. The van der Waals surface area contributed by atoms with Crippen molar-refractivity contribution < 1.29 is 5.11 Å². The van der Waals surface area contributed by atoms with Gasteiger partial charge in [0.15, 0.2) is 0 Å². The van der Waals surface area contributed by atoms with Crippen LogP contribution < -0.4 is 5.73 Å². The molecule has 14 heavy (non-hydrogen) atoms. The van der Waals surface area contributed by atoms with Gasteiger partial charge in [0.2, 0.25) is 0 Å². The second-order valence-electron chi connectivity index (χ2n) is 3.52. The molecule has 1 aromatic heterocycles. The summed E-state index contributed by atoms with van der Waals surface area (Å²) in [5, 5.41) is 10.3. The molecule has 4 nitrogen and oxygen atoms in total. The Balaban J connectivity index is 2.98. The fraction of sp³-hybridized carbons (Fsp3) is 0.700. The second-order valence-corrected chi connectivity index (χ2v) is 3.52. The summed E-state index contributed by atoms with van der Waals surface area (Å²) < 4.78 is 1.93. The first-order valence-electron chi connectivity index (χ1n) is 5.12. The predicted octanol–water partition coefficient (Wildman–Crippen LogP) is 0.849. The highest BCUT2D eigenvalue weighted by atomic mass is 16.3. The first kappa shape index (κ1) is 11.2. The van der Waals surface area contributed by atoms with E-state index in [-0.39, 0.29) is 6.54 Å². The summed E-state index contributed by atoms with van der Waals surface area (Å²) in [4.78, 5) is 4.18. The van der Waals surface area contributed by atoms with Gasteiger partial charge in [-0.25, -0.2) is 4.98 Å². The van der Waals surface area contributed by atoms with Gasteiger partial charge in [-0.05, 0) is 13.3 Å². The molecular formula is C10H19N3O. The van der Waals surface area contributed by atoms with E-state index in [1.54, 1.807) is 6.20 Å². The lowest BCUT2D eigenvalue weighted by molar-refractivity contribution is 0.0235. The minimum atomic E-state index is -0.964. The lowest BCUT2D eigenvalue weighted by atomic mass is 9.97. The zero-order valence-corrected chi connectivity index (χ0v) is 8.90. The van der Waals surface area contributed by atoms with Crippen LogP contribution in [0.1, 0.15) is 32.5 Å². The van der Waals surface area contributed by atoms with Crippen molar-refractivity contribution in [3.05, 3.63) is 18.2 Å². The quantitative estimate of drug-likeness (QED) is 0.735. The van der Waals surface area contributed by atoms with E-state index in [1.165, 1.54) is 0 Å². The SMILES string of the molecule is CCCC(O)(CN)c1nccn1CC. The van der Waals surface area contributed by atoms with Crippen molar-refractivity contribution in [1.82, 2.24) is 9.55 Å². The predicted molar refractivity (Wildman–Crippen MR) is 55.8 cm³/mol. The summed E-state index contributed by atoms with van der Waals surface area (Å²) in [6, 6.07) is 0. The van der Waals surface area contributed by atoms with Crippen molar-refractivity contribution in [3.8, 4) is 0 Å². The molecular weight excluding hydrogens is 178 g/mol. The minimum Gasteiger partial charge on any atom is -0.381 e. The first-order chi connectivity index (χ1) is 6.68. The van der Waals surface area contributed by atoms with Crippen LogP contribution in [0.25, 0.3) is 0 Å². The van der Waals surface area contributed by atoms with Crippen molar-refractivity contribution in [1.29, 1.82) is 0 Å². The highest BCUT2D eigenvalue weighted by molar-refractivity contribution is 5.05. The number of hydrogen-bond acceptors (Lipinski definition) is 3. The molecule has 1 aromatic rings. The van der Waals surface area contributed by atoms with Crippen LogP contribution in [0.2, 0.25) is 0 Å². The molecule has 1 unspecified atom stereocenters. The number of imidazole rings is 1. The van der Waals surface area contributed by atoms with Gasteiger partial charge in [-0.3, -0.25) is 0 Å². The Kier molecular flexibility index (Phi) is 3.66. The topological polar surface area (TPSA) is 64.1 Å². The van der Waals surface area contributed by atoms with Gasteiger partial charge in [0.05, 0.1) is 0 Å². The first-order valence-corrected chi connectivity index (χ1v) is 5.12. The van der Waals surface area contributed by atoms with Crippen LogP contribution in [0.15, 0.2) is 12.4 Å². The van der Waals surface area contributed by atoms with Crippen LogP contribution in [-0.2, 0) is 12.1 Å². The van der Waals surface area contributed by atoms with E-state index in [4.69, 9.17) is 5.73 Å². The smallest absolute Gasteiger partial charge is 0.142 e. The molecule has 0 amide bonds. The van der Waals surface area contributed by atoms with E-state index >= 15 is 0 Å². The summed E-state index contributed by atoms with van der Waals surface area (Å²) in [5.41, 5.74) is 4.64. The molecule has 1 atom stereocenters. The molecule has 0 aromatic carbocycles. The third-order valence-electron chi connectivity index (χ3n) is 2.47. The molecule has 0 saturated heterocycles. The third kappa shape index (κ3) is 1.96. The molecule has 0 aliphatic carbocycles. The fourth-order valence-electron chi connectivity index (χ4n) is 1.69. The zero-order valence-electron chi connectivity index (χ0n) is 8.90. The van der Waals surface area contributed by atoms with Crippen LogP contribution in [0.4, 0.5) is 0 Å². The van der Waals surface area contributed by atoms with Gasteiger partial charge in [0.25, 0.3) is 0 Å². The molecule has 0 fully saturated rings. The lowest BCUT2D eigenvalue weighted by Crippen LogP contribution is -2.37. The van der Waals surface area contributed by atoms with Crippen molar-refractivity contribution in [2.45, 2.75) is 38.8 Å². The van der Waals surface area contributed by atoms with E-state index < -0.39 is 5.60 Å². The van der Waals surface area contributed by atoms with Crippen LogP contribution in [0, 0.1) is 0 Å². The average molecular weight is 197 g/mol. The molecule has 3 N–H and O–H groups in total. The van der Waals surface area contributed by atoms with E-state index in [0.29, 0.717) is 12.2 Å². The summed E-state index contributed by atoms with van der Waals surface area (Å²) in [6.45, 7) is 5.08. The van der Waals surface area contributed by atoms with E-state index in [1.807, 2.05) is 24.6 Å². The Hall–Kier alpha value is -0.870. The number of aryl methyl sites for hydroxylation is 1. The number of rotatable bonds is 5. The zero-order chi connectivity index (χ0) is 10.6. The molecule has 0 aliphatic heterocycles. The fourth-order valence-corrected chi connectivity index (χ4v) is 1.69. The van der Waals surface area contributed by atoms with Gasteiger partial charge in [0.1, 0.15) is 11.4 Å². The number of aliphatic hydroxyl groups is 1. The van der Waals surface area contributed by atoms with Gasteiger partial charge in [-0.15, -0.1) is 0 Å². The van der Waals surface area contributed by atoms with Crippen molar-refractivity contribution in [2.24, 2.45) is 5.73 Å². The summed E-state index contributed by atoms with van der Waals surface area (Å²) in [6.07, 6.45) is 5.12. The standard InChI is InChI=1S/C10H19N3O/c1-3-5-10(14,8-11)9-12-6-7-13(9)4-2/h6-7,14H,3-5,8,11H2,1-2H3. The molecule has 80 valence electrons. The van der Waals surface area contributed by atoms with Gasteiger partial charge in [-0.1, -0.05) is 13.3 Å². The van der Waals surface area contributed by atoms with Crippen LogP contribution in [0.3, 0.4) is 0 Å². The normalized spacial score (nSPS) is 15.4. The average Bonchev–Trinajstić information content (AvgIpc) is 2.66. The molecule has 0 aliphatic rings. The molecule has 0 radical (unpaired) electrons. The Morgan fingerprint density at radius 3 is 2.79 bits per heavy atom. The van der Waals surface area contributed by atoms with E-state index in [0.717, 1.165) is 13.0 Å². The maximum atomic E-state index is 10.3. The Morgan fingerprint density at radius 1 is 1.57 bits per heavy atom. The maximum absolute atomic E-state index is 10.3. The molecule has 1 rings (SSSR count). The van der Waals surface area contributed by atoms with Gasteiger partial charge in [-0.2, -0.15) is 0 Å². The minimum absolute atomic E-state index is 0.220. The molecule has 0 spiro atoms. The highest BCUT2D eigenvalue weighted by Gasteiger charge is 2.30. The number of hydrogen-bond donors (Lipinski definition) is 2. The Morgan fingerprint density at radius 2 is 2.29 bits per heavy atom. The van der Waals surface area contributed by atoms with Crippen molar-refractivity contribution in [3.63, 3.8) is 0 Å². The van der Waals surface area contributed by atoms with Crippen LogP contribution in [0.5, 0.6) is 0 Å². The molecule has 1 heterocycles. The molecule has 0 saturated carbocycles. The van der Waals surface area contributed by atoms with Crippen molar-refractivity contribution in [2.75, 3.05) is 6.54 Å². The molecule has 0 bridgehead atoms. The highest BCUT2D eigenvalue weighted by Crippen LogP contribution is 2.23.